The molecule has 2 fully saturated rings. The minimum absolute atomic E-state index is 0.00381. The lowest BCUT2D eigenvalue weighted by Gasteiger charge is -2.33. The molecule has 6 heteroatoms. The van der Waals surface area contributed by atoms with Crippen molar-refractivity contribution in [1.82, 2.24) is 10.2 Å². The number of nitrogens with zero attached hydrogens (tertiary/aromatic N) is 1. The van der Waals surface area contributed by atoms with Crippen molar-refractivity contribution < 1.29 is 14.0 Å². The van der Waals surface area contributed by atoms with Crippen LogP contribution in [0.15, 0.2) is 24.3 Å². The van der Waals surface area contributed by atoms with Gasteiger partial charge in [-0.1, -0.05) is 25.3 Å². The molecule has 1 saturated carbocycles. The standard InChI is InChI=1S/C19H26FN3O2/c20-15-5-4-8-17(13-15)21-18(24)14-9-11-23(12-10-14)19(25)22-16-6-2-1-3-7-16/h4-5,8,13-14,16H,1-3,6-7,9-12H2,(H,21,24)(H,22,25). The molecular formula is C19H26FN3O2. The molecule has 25 heavy (non-hydrogen) atoms. The van der Waals surface area contributed by atoms with E-state index < -0.39 is 0 Å². The highest BCUT2D eigenvalue weighted by Gasteiger charge is 2.28. The van der Waals surface area contributed by atoms with Gasteiger partial charge in [-0.2, -0.15) is 0 Å². The van der Waals surface area contributed by atoms with E-state index in [1.807, 2.05) is 0 Å². The van der Waals surface area contributed by atoms with E-state index in [9.17, 15) is 14.0 Å². The van der Waals surface area contributed by atoms with E-state index in [2.05, 4.69) is 10.6 Å². The maximum Gasteiger partial charge on any atom is 0.317 e. The molecule has 136 valence electrons. The molecular weight excluding hydrogens is 321 g/mol. The number of carbonyl (C=O) groups excluding carboxylic acids is 2. The third-order valence-corrected chi connectivity index (χ3v) is 5.18. The molecule has 0 bridgehead atoms. The Morgan fingerprint density at radius 2 is 1.76 bits per heavy atom. The summed E-state index contributed by atoms with van der Waals surface area (Å²) >= 11 is 0. The van der Waals surface area contributed by atoms with E-state index in [0.717, 1.165) is 12.8 Å². The van der Waals surface area contributed by atoms with Gasteiger partial charge in [0.05, 0.1) is 0 Å². The summed E-state index contributed by atoms with van der Waals surface area (Å²) in [4.78, 5) is 26.5. The monoisotopic (exact) mass is 347 g/mol. The predicted octanol–water partition coefficient (Wildman–Crippen LogP) is 3.52. The number of piperidine rings is 1. The van der Waals surface area contributed by atoms with Crippen molar-refractivity contribution in [3.05, 3.63) is 30.1 Å². The number of urea groups is 1. The summed E-state index contributed by atoms with van der Waals surface area (Å²) in [6, 6.07) is 6.20. The van der Waals surface area contributed by atoms with Gasteiger partial charge in [-0.3, -0.25) is 4.79 Å². The minimum atomic E-state index is -0.369. The van der Waals surface area contributed by atoms with Crippen LogP contribution in [-0.4, -0.2) is 36.0 Å². The van der Waals surface area contributed by atoms with E-state index in [1.165, 1.54) is 31.4 Å². The Morgan fingerprint density at radius 1 is 1.04 bits per heavy atom. The van der Waals surface area contributed by atoms with Crippen LogP contribution >= 0.6 is 0 Å². The molecule has 3 rings (SSSR count). The summed E-state index contributed by atoms with van der Waals surface area (Å²) in [5, 5.41) is 5.89. The number of halogens is 1. The first kappa shape index (κ1) is 17.7. The van der Waals surface area contributed by atoms with Crippen molar-refractivity contribution in [2.24, 2.45) is 5.92 Å². The molecule has 3 amide bonds. The van der Waals surface area contributed by atoms with Gasteiger partial charge in [-0.15, -0.1) is 0 Å². The average molecular weight is 347 g/mol. The van der Waals surface area contributed by atoms with Crippen molar-refractivity contribution in [3.63, 3.8) is 0 Å². The number of rotatable bonds is 3. The first-order valence-corrected chi connectivity index (χ1v) is 9.24. The summed E-state index contributed by atoms with van der Waals surface area (Å²) in [7, 11) is 0. The average Bonchev–Trinajstić information content (AvgIpc) is 2.62. The molecule has 2 aliphatic rings. The second kappa shape index (κ2) is 8.32. The van der Waals surface area contributed by atoms with Crippen molar-refractivity contribution >= 4 is 17.6 Å². The number of nitrogens with one attached hydrogen (secondary N) is 2. The third-order valence-electron chi connectivity index (χ3n) is 5.18. The quantitative estimate of drug-likeness (QED) is 0.879. The van der Waals surface area contributed by atoms with Crippen LogP contribution in [0.4, 0.5) is 14.9 Å². The molecule has 1 heterocycles. The molecule has 0 unspecified atom stereocenters. The lowest BCUT2D eigenvalue weighted by atomic mass is 9.95. The molecule has 0 atom stereocenters. The van der Waals surface area contributed by atoms with Crippen molar-refractivity contribution in [3.8, 4) is 0 Å². The molecule has 0 spiro atoms. The van der Waals surface area contributed by atoms with Gasteiger partial charge >= 0.3 is 6.03 Å². The van der Waals surface area contributed by atoms with Gasteiger partial charge in [0.15, 0.2) is 0 Å². The maximum atomic E-state index is 13.2. The van der Waals surface area contributed by atoms with Crippen LogP contribution in [0, 0.1) is 11.7 Å². The summed E-state index contributed by atoms with van der Waals surface area (Å²) in [5.74, 6) is -0.605. The van der Waals surface area contributed by atoms with E-state index in [-0.39, 0.29) is 23.7 Å². The van der Waals surface area contributed by atoms with E-state index >= 15 is 0 Å². The zero-order chi connectivity index (χ0) is 17.6. The highest BCUT2D eigenvalue weighted by atomic mass is 19.1. The second-order valence-electron chi connectivity index (χ2n) is 7.05. The van der Waals surface area contributed by atoms with Gasteiger partial charge in [0.1, 0.15) is 5.82 Å². The van der Waals surface area contributed by atoms with Crippen LogP contribution in [-0.2, 0) is 4.79 Å². The van der Waals surface area contributed by atoms with Gasteiger partial charge < -0.3 is 15.5 Å². The first-order chi connectivity index (χ1) is 12.1. The molecule has 1 saturated heterocycles. The largest absolute Gasteiger partial charge is 0.335 e. The fraction of sp³-hybridized carbons (Fsp3) is 0.579. The zero-order valence-electron chi connectivity index (χ0n) is 14.5. The highest BCUT2D eigenvalue weighted by molar-refractivity contribution is 5.92. The van der Waals surface area contributed by atoms with Gasteiger partial charge in [0, 0.05) is 30.7 Å². The van der Waals surface area contributed by atoms with Gasteiger partial charge in [-0.05, 0) is 43.9 Å². The van der Waals surface area contributed by atoms with Crippen LogP contribution < -0.4 is 10.6 Å². The van der Waals surface area contributed by atoms with Crippen LogP contribution in [0.2, 0.25) is 0 Å². The number of hydrogen-bond donors (Lipinski definition) is 2. The summed E-state index contributed by atoms with van der Waals surface area (Å²) in [5.41, 5.74) is 0.475. The topological polar surface area (TPSA) is 61.4 Å². The smallest absolute Gasteiger partial charge is 0.317 e. The van der Waals surface area contributed by atoms with E-state index in [0.29, 0.717) is 37.7 Å². The number of likely N-dealkylation sites (tertiary alicyclic amines) is 1. The Labute approximate surface area is 148 Å². The fourth-order valence-corrected chi connectivity index (χ4v) is 3.67. The zero-order valence-corrected chi connectivity index (χ0v) is 14.5. The SMILES string of the molecule is O=C(Nc1cccc(F)c1)C1CCN(C(=O)NC2CCCCC2)CC1. The lowest BCUT2D eigenvalue weighted by molar-refractivity contribution is -0.121. The highest BCUT2D eigenvalue weighted by Crippen LogP contribution is 2.21. The number of amides is 3. The molecule has 1 aliphatic heterocycles. The summed E-state index contributed by atoms with van der Waals surface area (Å²) in [6.45, 7) is 1.17. The predicted molar refractivity (Wildman–Crippen MR) is 94.7 cm³/mol. The normalized spacial score (nSPS) is 19.5. The molecule has 1 aliphatic carbocycles. The fourth-order valence-electron chi connectivity index (χ4n) is 3.67. The Bertz CT molecular complexity index is 608. The Hall–Kier alpha value is -2.11. The Balaban J connectivity index is 1.44. The Kier molecular flexibility index (Phi) is 5.89. The number of carbonyl (C=O) groups is 2. The molecule has 1 aromatic rings. The number of benzene rings is 1. The molecule has 1 aromatic carbocycles. The van der Waals surface area contributed by atoms with Gasteiger partial charge in [0.2, 0.25) is 5.91 Å². The number of anilines is 1. The van der Waals surface area contributed by atoms with Crippen molar-refractivity contribution in [2.75, 3.05) is 18.4 Å². The van der Waals surface area contributed by atoms with Gasteiger partial charge in [0.25, 0.3) is 0 Å². The van der Waals surface area contributed by atoms with Crippen LogP contribution in [0.25, 0.3) is 0 Å². The maximum absolute atomic E-state index is 13.2. The minimum Gasteiger partial charge on any atom is -0.335 e. The molecule has 5 nitrogen and oxygen atoms in total. The number of hydrogen-bond acceptors (Lipinski definition) is 2. The van der Waals surface area contributed by atoms with Crippen molar-refractivity contribution in [2.45, 2.75) is 51.0 Å². The molecule has 0 radical (unpaired) electrons. The third kappa shape index (κ3) is 4.94. The lowest BCUT2D eigenvalue weighted by Crippen LogP contribution is -2.49. The molecule has 0 aromatic heterocycles. The summed E-state index contributed by atoms with van der Waals surface area (Å²) < 4.78 is 13.2. The van der Waals surface area contributed by atoms with Crippen LogP contribution in [0.3, 0.4) is 0 Å². The Morgan fingerprint density at radius 3 is 2.44 bits per heavy atom. The second-order valence-corrected chi connectivity index (χ2v) is 7.05. The van der Waals surface area contributed by atoms with Crippen molar-refractivity contribution in [1.29, 1.82) is 0 Å². The first-order valence-electron chi connectivity index (χ1n) is 9.24. The van der Waals surface area contributed by atoms with Crippen LogP contribution in [0.5, 0.6) is 0 Å². The van der Waals surface area contributed by atoms with Gasteiger partial charge in [-0.25, -0.2) is 9.18 Å². The molecule has 2 N–H and O–H groups in total. The van der Waals surface area contributed by atoms with E-state index in [4.69, 9.17) is 0 Å². The van der Waals surface area contributed by atoms with E-state index in [1.54, 1.807) is 17.0 Å². The summed E-state index contributed by atoms with van der Waals surface area (Å²) in [6.07, 6.45) is 7.05. The van der Waals surface area contributed by atoms with Crippen LogP contribution in [0.1, 0.15) is 44.9 Å².